The maximum Gasteiger partial charge on any atom is 0.354 e. The number of sulfonamides is 2. The van der Waals surface area contributed by atoms with Crippen LogP contribution in [0.3, 0.4) is 0 Å². The molecule has 0 fully saturated rings. The fourth-order valence-electron chi connectivity index (χ4n) is 11.4. The molecule has 2 amide bonds. The van der Waals surface area contributed by atoms with Crippen LogP contribution in [0.2, 0.25) is 10.0 Å². The molecule has 4 N–H and O–H groups in total. The number of amides is 2. The lowest BCUT2D eigenvalue weighted by Gasteiger charge is -2.32. The molecule has 3 aliphatic rings. The topological polar surface area (TPSA) is 433 Å². The van der Waals surface area contributed by atoms with Gasteiger partial charge in [0.25, 0.3) is 21.1 Å². The summed E-state index contributed by atoms with van der Waals surface area (Å²) >= 11 is 12.2. The van der Waals surface area contributed by atoms with Gasteiger partial charge in [0.15, 0.2) is 21.2 Å². The number of rotatable bonds is 22. The third kappa shape index (κ3) is 21.4. The van der Waals surface area contributed by atoms with Crippen LogP contribution in [0.1, 0.15) is 128 Å². The van der Waals surface area contributed by atoms with Crippen LogP contribution in [-0.2, 0) is 108 Å². The Bertz CT molecular complexity index is 5230. The second kappa shape index (κ2) is 37.1. The number of H-pyrrole nitrogens is 1. The van der Waals surface area contributed by atoms with E-state index >= 15 is 0 Å². The fraction of sp³-hybridized carbons (Fsp3) is 0.417. The number of ether oxygens (including phenoxy) is 7. The van der Waals surface area contributed by atoms with Gasteiger partial charge >= 0.3 is 29.9 Å². The number of aromatic amines is 1. The number of halogens is 2. The van der Waals surface area contributed by atoms with E-state index in [0.29, 0.717) is 83.3 Å². The summed E-state index contributed by atoms with van der Waals surface area (Å²) in [7, 11) is -6.54. The number of oxime groups is 1. The molecule has 0 aliphatic carbocycles. The second-order valence-corrected chi connectivity index (χ2v) is 32.4. The summed E-state index contributed by atoms with van der Waals surface area (Å²) in [6.07, 6.45) is 5.47. The first-order chi connectivity index (χ1) is 52.1. The number of fused-ring (bicyclic) bond motifs is 1. The molecule has 6 heterocycles. The molecule has 0 spiro atoms. The van der Waals surface area contributed by atoms with Crippen LogP contribution in [0.5, 0.6) is 17.6 Å². The van der Waals surface area contributed by atoms with Crippen LogP contribution < -0.4 is 45.1 Å². The molecule has 600 valence electrons. The van der Waals surface area contributed by atoms with Crippen LogP contribution in [-0.4, -0.2) is 174 Å². The average Bonchev–Trinajstić information content (AvgIpc) is 1.67. The summed E-state index contributed by atoms with van der Waals surface area (Å²) in [6.45, 7) is 20.8. The van der Waals surface area contributed by atoms with Crippen molar-refractivity contribution in [3.05, 3.63) is 154 Å². The summed E-state index contributed by atoms with van der Waals surface area (Å²) in [6, 6.07) is 15.5. The zero-order chi connectivity index (χ0) is 82.4. The molecule has 3 aromatic heterocycles. The van der Waals surface area contributed by atoms with Crippen LogP contribution in [0, 0.1) is 19.3 Å². The summed E-state index contributed by atoms with van der Waals surface area (Å²) in [5.74, 6) is -2.78. The summed E-state index contributed by atoms with van der Waals surface area (Å²) < 4.78 is 117. The first-order valence-electron chi connectivity index (χ1n) is 34.3. The zero-order valence-corrected chi connectivity index (χ0v) is 67.9. The number of sulfone groups is 1. The highest BCUT2D eigenvalue weighted by atomic mass is 35.5. The molecular formula is C72H88Cl2N12O22S3. The highest BCUT2D eigenvalue weighted by Gasteiger charge is 2.50. The number of aromatic nitrogens is 6. The molecule has 1 unspecified atom stereocenters. The lowest BCUT2D eigenvalue weighted by Crippen LogP contribution is -2.48. The van der Waals surface area contributed by atoms with E-state index in [1.807, 2.05) is 20.8 Å². The SMILES string of the molecule is CCOC(=O)C1=NN(c2ccc(Cl)cc2Cl)C(C)(C(=O)OCC)C1.CCc1cc(C)cc(CC)c1-c1c(OC(=O)C(C)(C)C)n2n(c1=O)CCOCC2.COC(=O)c1ccc(CNS(C)(=O)=O)cc1S(=O)(=O)NC(=O)Nc1nc(OC)cc(OC)n1.Cc1c(C(=O)c2c[nH]n(C)c2=O)ccc(S(C)(=O)=O)c1C1=NOCC1. The van der Waals surface area contributed by atoms with E-state index in [1.165, 1.54) is 67.0 Å². The van der Waals surface area contributed by atoms with E-state index in [9.17, 15) is 63.6 Å². The number of esters is 4. The minimum atomic E-state index is -4.63. The predicted molar refractivity (Wildman–Crippen MR) is 411 cm³/mol. The van der Waals surface area contributed by atoms with Gasteiger partial charge in [0.2, 0.25) is 33.6 Å². The molecule has 1 atom stereocenters. The van der Waals surface area contributed by atoms with E-state index in [-0.39, 0.29) is 88.3 Å². The van der Waals surface area contributed by atoms with Gasteiger partial charge in [-0.2, -0.15) is 15.1 Å². The molecule has 0 bridgehead atoms. The monoisotopic (exact) mass is 1640 g/mol. The normalized spacial score (nSPS) is 14.7. The van der Waals surface area contributed by atoms with Crippen molar-refractivity contribution >= 4 is 112 Å². The van der Waals surface area contributed by atoms with Gasteiger partial charge in [0.1, 0.15) is 28.3 Å². The van der Waals surface area contributed by atoms with Crippen molar-refractivity contribution in [1.29, 1.82) is 0 Å². The van der Waals surface area contributed by atoms with Crippen LogP contribution in [0.25, 0.3) is 11.1 Å². The lowest BCUT2D eigenvalue weighted by molar-refractivity contribution is -0.148. The summed E-state index contributed by atoms with van der Waals surface area (Å²) in [4.78, 5) is 112. The third-order valence-corrected chi connectivity index (χ3v) is 20.6. The first-order valence-corrected chi connectivity index (χ1v) is 40.4. The number of anilines is 2. The number of methoxy groups -OCH3 is 3. The molecule has 10 rings (SSSR count). The molecule has 4 aromatic carbocycles. The minimum absolute atomic E-state index is 0.00623. The van der Waals surface area contributed by atoms with Gasteiger partial charge in [-0.1, -0.05) is 66.0 Å². The van der Waals surface area contributed by atoms with Gasteiger partial charge in [-0.05, 0) is 139 Å². The molecule has 111 heavy (non-hydrogen) atoms. The molecule has 39 heteroatoms. The number of hydrogen-bond acceptors (Lipinski definition) is 27. The number of carbonyl (C=O) groups excluding carboxylic acids is 6. The summed E-state index contributed by atoms with van der Waals surface area (Å²) in [5.41, 5.74) is 4.33. The van der Waals surface area contributed by atoms with E-state index in [0.717, 1.165) is 61.3 Å². The van der Waals surface area contributed by atoms with E-state index in [2.05, 4.69) is 73.0 Å². The zero-order valence-electron chi connectivity index (χ0n) is 64.0. The Morgan fingerprint density at radius 2 is 1.34 bits per heavy atom. The molecule has 0 saturated carbocycles. The maximum atomic E-state index is 13.5. The third-order valence-electron chi connectivity index (χ3n) is 16.9. The number of hydrazone groups is 1. The highest BCUT2D eigenvalue weighted by molar-refractivity contribution is 7.91. The van der Waals surface area contributed by atoms with Crippen molar-refractivity contribution in [2.24, 2.45) is 22.7 Å². The van der Waals surface area contributed by atoms with Crippen molar-refractivity contribution in [1.82, 2.24) is 38.6 Å². The van der Waals surface area contributed by atoms with E-state index in [4.69, 9.17) is 56.5 Å². The number of hydrogen-bond donors (Lipinski definition) is 4. The van der Waals surface area contributed by atoms with E-state index < -0.39 is 81.0 Å². The van der Waals surface area contributed by atoms with Crippen LogP contribution in [0.4, 0.5) is 16.4 Å². The Morgan fingerprint density at radius 1 is 0.721 bits per heavy atom. The van der Waals surface area contributed by atoms with Gasteiger partial charge in [0.05, 0.1) is 105 Å². The second-order valence-electron chi connectivity index (χ2n) is 26.1. The number of benzene rings is 4. The Balaban J connectivity index is 0.000000207. The number of nitrogens with one attached hydrogen (secondary N) is 4. The molecule has 0 radical (unpaired) electrons. The number of ketones is 1. The van der Waals surface area contributed by atoms with E-state index in [1.54, 1.807) is 60.0 Å². The molecule has 0 saturated heterocycles. The number of urea groups is 1. The smallest absolute Gasteiger partial charge is 0.354 e. The van der Waals surface area contributed by atoms with Gasteiger partial charge in [-0.25, -0.2) is 68.2 Å². The number of nitrogens with zero attached hydrogens (tertiary/aromatic N) is 8. The number of aryl methyl sites for hydroxylation is 4. The molecular weight excluding hydrogens is 1550 g/mol. The average molecular weight is 1640 g/mol. The van der Waals surface area contributed by atoms with Gasteiger partial charge in [-0.3, -0.25) is 29.2 Å². The maximum absolute atomic E-state index is 13.5. The van der Waals surface area contributed by atoms with Gasteiger partial charge in [0, 0.05) is 55.0 Å². The van der Waals surface area contributed by atoms with Crippen molar-refractivity contribution in [3.63, 3.8) is 0 Å². The Kier molecular flexibility index (Phi) is 29.4. The van der Waals surface area contributed by atoms with Crippen LogP contribution in [0.15, 0.2) is 103 Å². The van der Waals surface area contributed by atoms with Crippen LogP contribution >= 0.6 is 23.2 Å². The quantitative estimate of drug-likeness (QED) is 0.0285. The van der Waals surface area contributed by atoms with Crippen molar-refractivity contribution in [2.75, 3.05) is 77.2 Å². The molecule has 34 nitrogen and oxygen atoms in total. The van der Waals surface area contributed by atoms with Crippen molar-refractivity contribution < 1.29 is 92.0 Å². The van der Waals surface area contributed by atoms with Gasteiger partial charge in [-0.15, -0.1) is 0 Å². The molecule has 3 aliphatic heterocycles. The first kappa shape index (κ1) is 87.9. The standard InChI is InChI=1S/C23H32N2O4.C17H21N5O9S2.C16H18Cl2N2O4.C16H17N3O5S/c1-7-16-13-15(3)14-17(8-2)18(16)19-20(26)24-9-11-28-12-10-25(24)21(19)29-22(27)23(4,5)6;1-29-13-8-14(30-2)20-16(19-13)21-17(24)22-33(27,28)12-7-10(9-18-32(4,25)26)5-6-11(12)15(23)31-3;1-4-23-14(21)12-9-16(3,15(22)24-5-2)20(19-12)13-7-6-10(17)8-11(13)18;1-9-10(15(20)11-8-17-19(2)16(11)21)4-5-13(25(3,22)23)14(9)12-6-7-24-18-12/h13-14H,7-12H2,1-6H3;5-8,18H,9H2,1-4H3,(H2,19,20,21,22,24);6-8H,4-5,9H2,1-3H3;4-5,8,17H,6-7H2,1-3H3. The Hall–Kier alpha value is -10.3. The molecule has 7 aromatic rings. The largest absolute Gasteiger partial charge is 0.481 e. The minimum Gasteiger partial charge on any atom is -0.481 e. The highest BCUT2D eigenvalue weighted by Crippen LogP contribution is 2.41. The lowest BCUT2D eigenvalue weighted by atomic mass is 9.91. The van der Waals surface area contributed by atoms with Gasteiger partial charge < -0.3 is 43.1 Å². The van der Waals surface area contributed by atoms with Crippen molar-refractivity contribution in [3.8, 4) is 28.8 Å². The summed E-state index contributed by atoms with van der Waals surface area (Å²) in [5, 5.41) is 15.1. The number of carbonyl (C=O) groups is 6. The Morgan fingerprint density at radius 3 is 1.87 bits per heavy atom. The van der Waals surface area contributed by atoms with Crippen molar-refractivity contribution in [2.45, 2.75) is 130 Å². The predicted octanol–water partition coefficient (Wildman–Crippen LogP) is 7.80. The Labute approximate surface area is 651 Å². The fourth-order valence-corrected chi connectivity index (χ4v) is 14.5.